The minimum Gasteiger partial charge on any atom is -0.369 e. The Morgan fingerprint density at radius 3 is 2.28 bits per heavy atom. The fourth-order valence-corrected chi connectivity index (χ4v) is 9.32. The molecule has 13 heteroatoms. The molecule has 0 radical (unpaired) electrons. The molecule has 3 aromatic carbocycles. The van der Waals surface area contributed by atoms with Gasteiger partial charge in [-0.1, -0.05) is 29.4 Å². The Bertz CT molecular complexity index is 2350. The van der Waals surface area contributed by atoms with Gasteiger partial charge in [-0.25, -0.2) is 4.39 Å². The van der Waals surface area contributed by atoms with Crippen molar-refractivity contribution in [1.29, 1.82) is 5.26 Å². The van der Waals surface area contributed by atoms with E-state index in [9.17, 15) is 24.4 Å². The third-order valence-electron chi connectivity index (χ3n) is 12.8. The van der Waals surface area contributed by atoms with Crippen molar-refractivity contribution >= 4 is 40.7 Å². The number of nitrogens with one attached hydrogen (secondary N) is 1. The Kier molecular flexibility index (Phi) is 8.99. The number of aromatic nitrogens is 1. The van der Waals surface area contributed by atoms with Crippen molar-refractivity contribution in [2.75, 3.05) is 42.5 Å². The summed E-state index contributed by atoms with van der Waals surface area (Å²) in [5.74, 6) is -1.89. The minimum atomic E-state index is -1.10. The van der Waals surface area contributed by atoms with Gasteiger partial charge in [0.2, 0.25) is 11.8 Å². The van der Waals surface area contributed by atoms with Crippen molar-refractivity contribution < 1.29 is 28.1 Å². The molecule has 1 aromatic heterocycles. The number of rotatable bonds is 9. The highest BCUT2D eigenvalue weighted by molar-refractivity contribution is 6.23. The van der Waals surface area contributed by atoms with Gasteiger partial charge in [-0.3, -0.25) is 34.3 Å². The number of piperidine rings is 2. The zero-order valence-corrected chi connectivity index (χ0v) is 32.3. The van der Waals surface area contributed by atoms with Crippen molar-refractivity contribution in [3.63, 3.8) is 0 Å². The van der Waals surface area contributed by atoms with Crippen molar-refractivity contribution in [2.45, 2.75) is 76.8 Å². The number of hydrogen-bond donors (Lipinski definition) is 1. The van der Waals surface area contributed by atoms with Crippen LogP contribution in [0, 0.1) is 43.8 Å². The molecular formula is C44H44FN7O5. The summed E-state index contributed by atoms with van der Waals surface area (Å²) >= 11 is 0. The number of anilines is 3. The number of nitrogens with zero attached hydrogens (tertiary/aromatic N) is 6. The van der Waals surface area contributed by atoms with Gasteiger partial charge in [-0.15, -0.1) is 0 Å². The van der Waals surface area contributed by atoms with Crippen LogP contribution in [0.4, 0.5) is 21.5 Å². The van der Waals surface area contributed by atoms with Gasteiger partial charge in [0, 0.05) is 68.0 Å². The van der Waals surface area contributed by atoms with E-state index < -0.39 is 35.5 Å². The highest BCUT2D eigenvalue weighted by Gasteiger charge is 2.46. The van der Waals surface area contributed by atoms with E-state index in [0.717, 1.165) is 101 Å². The lowest BCUT2D eigenvalue weighted by molar-refractivity contribution is -0.136. The van der Waals surface area contributed by atoms with Gasteiger partial charge in [-0.05, 0) is 99.9 Å². The van der Waals surface area contributed by atoms with Crippen molar-refractivity contribution in [2.24, 2.45) is 5.92 Å². The number of hydrogen-bond acceptors (Lipinski definition) is 10. The summed E-state index contributed by atoms with van der Waals surface area (Å²) in [6.07, 6.45) is 3.50. The van der Waals surface area contributed by atoms with E-state index >= 15 is 4.39 Å². The van der Waals surface area contributed by atoms with Crippen LogP contribution in [-0.4, -0.2) is 83.4 Å². The summed E-state index contributed by atoms with van der Waals surface area (Å²) in [6.45, 7) is 9.89. The van der Waals surface area contributed by atoms with E-state index in [1.54, 1.807) is 0 Å². The maximum atomic E-state index is 15.6. The number of carbonyl (C=O) groups is 4. The molecular weight excluding hydrogens is 726 g/mol. The van der Waals surface area contributed by atoms with Crippen LogP contribution >= 0.6 is 0 Å². The fraction of sp³-hybridized carbons (Fsp3) is 0.409. The standard InChI is InChI=1S/C44H44FN7O5/c1-25-4-5-29(40-26(2)48-57-27(40)3)18-37(25)51(32-8-6-30(7-9-32)44(24-46)14-15-44)23-28-21-50(22-28)31-12-16-49(17-13-31)38-20-34-33(19-35(38)45)42(55)52(43(34)56)36-10-11-39(53)47-41(36)54/h4-9,18-20,28,31,36H,10-17,21-23H2,1-3H3,(H,47,53,54). The average molecular weight is 770 g/mol. The molecule has 1 atom stereocenters. The zero-order valence-electron chi connectivity index (χ0n) is 32.3. The summed E-state index contributed by atoms with van der Waals surface area (Å²) in [5.41, 5.74) is 7.28. The van der Waals surface area contributed by atoms with Crippen LogP contribution in [0.1, 0.15) is 81.8 Å². The van der Waals surface area contributed by atoms with Crippen molar-refractivity contribution in [1.82, 2.24) is 20.3 Å². The van der Waals surface area contributed by atoms with Gasteiger partial charge in [0.1, 0.15) is 17.6 Å². The summed E-state index contributed by atoms with van der Waals surface area (Å²) in [5, 5.41) is 16.2. The number of likely N-dealkylation sites (tertiary alicyclic amines) is 1. The number of nitriles is 1. The molecule has 4 aromatic rings. The summed E-state index contributed by atoms with van der Waals surface area (Å²) in [6, 6.07) is 19.3. The molecule has 12 nitrogen and oxygen atoms in total. The molecule has 4 aliphatic heterocycles. The first-order chi connectivity index (χ1) is 27.4. The molecule has 1 aliphatic carbocycles. The number of aryl methyl sites for hydroxylation is 3. The molecule has 1 N–H and O–H groups in total. The summed E-state index contributed by atoms with van der Waals surface area (Å²) in [4.78, 5) is 58.5. The molecule has 4 fully saturated rings. The highest BCUT2D eigenvalue weighted by atomic mass is 19.1. The number of benzene rings is 3. The van der Waals surface area contributed by atoms with E-state index in [2.05, 4.69) is 75.7 Å². The lowest BCUT2D eigenvalue weighted by atomic mass is 9.91. The molecule has 0 spiro atoms. The third-order valence-corrected chi connectivity index (χ3v) is 12.8. The Morgan fingerprint density at radius 2 is 1.65 bits per heavy atom. The second-order valence-corrected chi connectivity index (χ2v) is 16.4. The second-order valence-electron chi connectivity index (χ2n) is 16.4. The molecule has 5 heterocycles. The van der Waals surface area contributed by atoms with Crippen molar-refractivity contribution in [3.8, 4) is 17.2 Å². The first-order valence-electron chi connectivity index (χ1n) is 19.8. The van der Waals surface area contributed by atoms with Gasteiger partial charge >= 0.3 is 0 Å². The minimum absolute atomic E-state index is 0.0187. The Balaban J connectivity index is 0.878. The quantitative estimate of drug-likeness (QED) is 0.199. The summed E-state index contributed by atoms with van der Waals surface area (Å²) < 4.78 is 21.1. The van der Waals surface area contributed by atoms with Crippen molar-refractivity contribution in [3.05, 3.63) is 94.1 Å². The van der Waals surface area contributed by atoms with Gasteiger partial charge in [0.15, 0.2) is 0 Å². The SMILES string of the molecule is Cc1ccc(-c2c(C)noc2C)cc1N(CC1CN(C2CCN(c3cc4c(cc3F)C(=O)N(C3CCC(=O)NC3=O)C4=O)CC2)C1)c1ccc(C2(C#N)CC2)cc1. The third kappa shape index (κ3) is 6.36. The summed E-state index contributed by atoms with van der Waals surface area (Å²) in [7, 11) is 0. The van der Waals surface area contributed by atoms with Crippen LogP contribution in [0.5, 0.6) is 0 Å². The topological polar surface area (TPSA) is 143 Å². The van der Waals surface area contributed by atoms with E-state index in [1.165, 1.54) is 6.07 Å². The van der Waals surface area contributed by atoms with Gasteiger partial charge in [-0.2, -0.15) is 5.26 Å². The molecule has 0 bridgehead atoms. The van der Waals surface area contributed by atoms with Gasteiger partial charge < -0.3 is 14.3 Å². The second kappa shape index (κ2) is 14.0. The molecule has 292 valence electrons. The molecule has 57 heavy (non-hydrogen) atoms. The molecule has 3 saturated heterocycles. The van der Waals surface area contributed by atoms with Crippen LogP contribution < -0.4 is 15.1 Å². The van der Waals surface area contributed by atoms with Gasteiger partial charge in [0.25, 0.3) is 11.8 Å². The van der Waals surface area contributed by atoms with Crippen LogP contribution in [-0.2, 0) is 15.0 Å². The predicted molar refractivity (Wildman–Crippen MR) is 209 cm³/mol. The smallest absolute Gasteiger partial charge is 0.262 e. The number of amides is 4. The van der Waals surface area contributed by atoms with E-state index in [0.29, 0.717) is 25.0 Å². The number of imide groups is 2. The monoisotopic (exact) mass is 769 g/mol. The number of halogens is 1. The van der Waals surface area contributed by atoms with Gasteiger partial charge in [0.05, 0.1) is 34.0 Å². The molecule has 4 amide bonds. The lowest BCUT2D eigenvalue weighted by Gasteiger charge is -2.49. The normalized spacial score (nSPS) is 21.0. The molecule has 1 saturated carbocycles. The average Bonchev–Trinajstić information content (AvgIpc) is 3.87. The van der Waals surface area contributed by atoms with E-state index in [1.807, 2.05) is 18.7 Å². The maximum Gasteiger partial charge on any atom is 0.262 e. The van der Waals surface area contributed by atoms with E-state index in [-0.39, 0.29) is 35.1 Å². The maximum absolute atomic E-state index is 15.6. The number of fused-ring (bicyclic) bond motifs is 1. The largest absolute Gasteiger partial charge is 0.369 e. The fourth-order valence-electron chi connectivity index (χ4n) is 9.32. The molecule has 1 unspecified atom stereocenters. The lowest BCUT2D eigenvalue weighted by Crippen LogP contribution is -2.57. The first-order valence-corrected chi connectivity index (χ1v) is 19.8. The predicted octanol–water partition coefficient (Wildman–Crippen LogP) is 6.10. The van der Waals surface area contributed by atoms with Crippen LogP contribution in [0.25, 0.3) is 11.1 Å². The molecule has 9 rings (SSSR count). The molecule has 5 aliphatic rings. The van der Waals surface area contributed by atoms with E-state index in [4.69, 9.17) is 4.52 Å². The van der Waals surface area contributed by atoms with Crippen LogP contribution in [0.2, 0.25) is 0 Å². The Morgan fingerprint density at radius 1 is 0.947 bits per heavy atom. The zero-order chi connectivity index (χ0) is 39.7. The van der Waals surface area contributed by atoms with Crippen LogP contribution in [0.3, 0.4) is 0 Å². The van der Waals surface area contributed by atoms with Crippen LogP contribution in [0.15, 0.2) is 59.1 Å². The highest BCUT2D eigenvalue weighted by Crippen LogP contribution is 2.48. The Labute approximate surface area is 330 Å². The Hall–Kier alpha value is -5.87. The number of carbonyl (C=O) groups excluding carboxylic acids is 4. The first kappa shape index (κ1) is 36.7.